The average molecular weight is 302 g/mol. The lowest BCUT2D eigenvalue weighted by atomic mass is 10.2. The molecule has 6 heteroatoms. The lowest BCUT2D eigenvalue weighted by Crippen LogP contribution is -1.81. The molecule has 4 N–H and O–H groups in total. The van der Waals surface area contributed by atoms with Gasteiger partial charge in [-0.1, -0.05) is 12.1 Å². The van der Waals surface area contributed by atoms with Gasteiger partial charge in [-0.25, -0.2) is 0 Å². The zero-order valence-corrected chi connectivity index (χ0v) is 12.3. The van der Waals surface area contributed by atoms with Crippen LogP contribution in [-0.2, 0) is 0 Å². The van der Waals surface area contributed by atoms with Crippen molar-refractivity contribution in [1.82, 2.24) is 0 Å². The normalized spacial score (nSPS) is 10.6. The second-order valence-electron chi connectivity index (χ2n) is 4.20. The Morgan fingerprint density at radius 3 is 1.36 bits per heavy atom. The van der Waals surface area contributed by atoms with E-state index in [0.717, 1.165) is 0 Å². The fraction of sp³-hybridized carbons (Fsp3) is 0.125. The van der Waals surface area contributed by atoms with Gasteiger partial charge < -0.3 is 20.4 Å². The standard InChI is InChI=1S/2C8H9NO2/c2*1-9-5-6-3-2-4-7(10)8(6)11/h2*2-5,10-11H,1H3. The van der Waals surface area contributed by atoms with E-state index in [1.54, 1.807) is 38.4 Å². The minimum Gasteiger partial charge on any atom is -0.504 e. The predicted octanol–water partition coefficient (Wildman–Crippen LogP) is 2.29. The summed E-state index contributed by atoms with van der Waals surface area (Å²) in [4.78, 5) is 7.42. The van der Waals surface area contributed by atoms with Crippen LogP contribution in [0.2, 0.25) is 0 Å². The number of para-hydroxylation sites is 2. The first-order valence-corrected chi connectivity index (χ1v) is 6.37. The molecule has 0 bridgehead atoms. The highest BCUT2D eigenvalue weighted by molar-refractivity contribution is 5.85. The SMILES string of the molecule is CN=Cc1cccc(O)c1O.CN=Cc1cccc(O)c1O. The van der Waals surface area contributed by atoms with Crippen molar-refractivity contribution in [2.75, 3.05) is 14.1 Å². The molecule has 2 aromatic carbocycles. The summed E-state index contributed by atoms with van der Waals surface area (Å²) in [5.41, 5.74) is 1.04. The molecule has 0 saturated carbocycles. The molecule has 0 aliphatic heterocycles. The molecule has 0 saturated heterocycles. The van der Waals surface area contributed by atoms with Crippen molar-refractivity contribution in [2.45, 2.75) is 0 Å². The molecule has 2 rings (SSSR count). The summed E-state index contributed by atoms with van der Waals surface area (Å²) in [5.74, 6) is -0.499. The van der Waals surface area contributed by atoms with Gasteiger partial charge in [0.2, 0.25) is 0 Å². The Morgan fingerprint density at radius 2 is 1.05 bits per heavy atom. The van der Waals surface area contributed by atoms with Crippen LogP contribution in [0.5, 0.6) is 23.0 Å². The Labute approximate surface area is 128 Å². The largest absolute Gasteiger partial charge is 0.504 e. The summed E-state index contributed by atoms with van der Waals surface area (Å²) in [6.07, 6.45) is 2.96. The van der Waals surface area contributed by atoms with Gasteiger partial charge in [0.15, 0.2) is 23.0 Å². The molecular formula is C16H18N2O4. The summed E-state index contributed by atoms with van der Waals surface area (Å²) in [6, 6.07) is 9.47. The van der Waals surface area contributed by atoms with E-state index in [4.69, 9.17) is 10.2 Å². The van der Waals surface area contributed by atoms with Crippen LogP contribution in [0.15, 0.2) is 46.4 Å². The minimum absolute atomic E-state index is 0.123. The van der Waals surface area contributed by atoms with E-state index in [1.807, 2.05) is 0 Å². The van der Waals surface area contributed by atoms with E-state index in [-0.39, 0.29) is 23.0 Å². The molecule has 0 amide bonds. The fourth-order valence-corrected chi connectivity index (χ4v) is 1.58. The summed E-state index contributed by atoms with van der Waals surface area (Å²) < 4.78 is 0. The first-order chi connectivity index (χ1) is 10.5. The Morgan fingerprint density at radius 1 is 0.682 bits per heavy atom. The Balaban J connectivity index is 0.000000220. The van der Waals surface area contributed by atoms with E-state index < -0.39 is 0 Å². The van der Waals surface area contributed by atoms with Crippen LogP contribution < -0.4 is 0 Å². The second-order valence-corrected chi connectivity index (χ2v) is 4.20. The molecule has 0 spiro atoms. The molecule has 2 aromatic rings. The molecule has 0 radical (unpaired) electrons. The van der Waals surface area contributed by atoms with E-state index in [9.17, 15) is 10.2 Å². The van der Waals surface area contributed by atoms with Gasteiger partial charge in [-0.15, -0.1) is 0 Å². The zero-order valence-electron chi connectivity index (χ0n) is 12.3. The van der Waals surface area contributed by atoms with Crippen molar-refractivity contribution in [1.29, 1.82) is 0 Å². The molecule has 116 valence electrons. The first kappa shape index (κ1) is 17.0. The summed E-state index contributed by atoms with van der Waals surface area (Å²) >= 11 is 0. The van der Waals surface area contributed by atoms with E-state index in [2.05, 4.69) is 9.98 Å². The zero-order chi connectivity index (χ0) is 16.5. The molecule has 0 aliphatic rings. The molecule has 0 unspecified atom stereocenters. The third-order valence-corrected chi connectivity index (χ3v) is 2.63. The highest BCUT2D eigenvalue weighted by atomic mass is 16.3. The highest BCUT2D eigenvalue weighted by Crippen LogP contribution is 2.27. The number of aromatic hydroxyl groups is 4. The highest BCUT2D eigenvalue weighted by Gasteiger charge is 2.02. The van der Waals surface area contributed by atoms with Crippen molar-refractivity contribution in [3.05, 3.63) is 47.5 Å². The number of phenols is 4. The number of phenolic OH excluding ortho intramolecular Hbond substituents is 4. The monoisotopic (exact) mass is 302 g/mol. The van der Waals surface area contributed by atoms with Crippen molar-refractivity contribution in [3.8, 4) is 23.0 Å². The fourth-order valence-electron chi connectivity index (χ4n) is 1.58. The molecule has 0 atom stereocenters. The van der Waals surface area contributed by atoms with E-state index in [1.165, 1.54) is 24.6 Å². The number of rotatable bonds is 2. The molecular weight excluding hydrogens is 284 g/mol. The molecule has 0 aliphatic carbocycles. The Bertz CT molecular complexity index is 622. The maximum Gasteiger partial charge on any atom is 0.166 e. The van der Waals surface area contributed by atoms with Gasteiger partial charge in [0, 0.05) is 37.7 Å². The number of nitrogens with zero attached hydrogens (tertiary/aromatic N) is 2. The van der Waals surface area contributed by atoms with Gasteiger partial charge in [0.1, 0.15) is 0 Å². The third-order valence-electron chi connectivity index (χ3n) is 2.63. The lowest BCUT2D eigenvalue weighted by molar-refractivity contribution is 0.403. The van der Waals surface area contributed by atoms with Crippen molar-refractivity contribution in [2.24, 2.45) is 9.98 Å². The van der Waals surface area contributed by atoms with Crippen LogP contribution in [0.4, 0.5) is 0 Å². The van der Waals surface area contributed by atoms with Crippen LogP contribution in [0.1, 0.15) is 11.1 Å². The van der Waals surface area contributed by atoms with Crippen LogP contribution in [0.3, 0.4) is 0 Å². The first-order valence-electron chi connectivity index (χ1n) is 6.37. The predicted molar refractivity (Wildman–Crippen MR) is 86.6 cm³/mol. The summed E-state index contributed by atoms with van der Waals surface area (Å²) in [6.45, 7) is 0. The van der Waals surface area contributed by atoms with Crippen LogP contribution >= 0.6 is 0 Å². The Kier molecular flexibility index (Phi) is 6.43. The minimum atomic E-state index is -0.127. The van der Waals surface area contributed by atoms with Crippen LogP contribution in [0.25, 0.3) is 0 Å². The molecule has 0 fully saturated rings. The van der Waals surface area contributed by atoms with Gasteiger partial charge in [0.25, 0.3) is 0 Å². The second kappa shape index (κ2) is 8.31. The van der Waals surface area contributed by atoms with Crippen molar-refractivity contribution in [3.63, 3.8) is 0 Å². The quantitative estimate of drug-likeness (QED) is 0.504. The molecule has 6 nitrogen and oxygen atoms in total. The summed E-state index contributed by atoms with van der Waals surface area (Å²) in [5, 5.41) is 36.4. The van der Waals surface area contributed by atoms with Crippen molar-refractivity contribution < 1.29 is 20.4 Å². The molecule has 0 heterocycles. The molecule has 0 aromatic heterocycles. The van der Waals surface area contributed by atoms with Gasteiger partial charge in [-0.2, -0.15) is 0 Å². The number of benzene rings is 2. The van der Waals surface area contributed by atoms with Crippen LogP contribution in [0, 0.1) is 0 Å². The third kappa shape index (κ3) is 4.52. The number of hydrogen-bond donors (Lipinski definition) is 4. The number of aliphatic imine (C=N–C) groups is 2. The van der Waals surface area contributed by atoms with Gasteiger partial charge >= 0.3 is 0 Å². The maximum atomic E-state index is 9.19. The van der Waals surface area contributed by atoms with E-state index >= 15 is 0 Å². The maximum absolute atomic E-state index is 9.19. The number of hydrogen-bond acceptors (Lipinski definition) is 6. The lowest BCUT2D eigenvalue weighted by Gasteiger charge is -1.98. The molecule has 22 heavy (non-hydrogen) atoms. The van der Waals surface area contributed by atoms with Gasteiger partial charge in [-0.3, -0.25) is 9.98 Å². The Hall–Kier alpha value is -3.02. The van der Waals surface area contributed by atoms with Crippen molar-refractivity contribution >= 4 is 12.4 Å². The average Bonchev–Trinajstić information content (AvgIpc) is 2.50. The topological polar surface area (TPSA) is 106 Å². The van der Waals surface area contributed by atoms with Gasteiger partial charge in [0.05, 0.1) is 0 Å². The summed E-state index contributed by atoms with van der Waals surface area (Å²) in [7, 11) is 3.20. The van der Waals surface area contributed by atoms with Crippen LogP contribution in [-0.4, -0.2) is 47.0 Å². The van der Waals surface area contributed by atoms with E-state index in [0.29, 0.717) is 11.1 Å². The van der Waals surface area contributed by atoms with Gasteiger partial charge in [-0.05, 0) is 24.3 Å². The smallest absolute Gasteiger partial charge is 0.166 e.